The number of benzene rings is 1. The lowest BCUT2D eigenvalue weighted by Crippen LogP contribution is -2.28. The Labute approximate surface area is 124 Å². The molecule has 8 nitrogen and oxygen atoms in total. The van der Waals surface area contributed by atoms with Gasteiger partial charge in [0.15, 0.2) is 0 Å². The molecule has 8 heteroatoms. The maximum absolute atomic E-state index is 12.3. The van der Waals surface area contributed by atoms with Gasteiger partial charge in [0.05, 0.1) is 17.2 Å². The van der Waals surface area contributed by atoms with Gasteiger partial charge >= 0.3 is 5.69 Å². The molecule has 0 aliphatic carbocycles. The molecule has 2 heterocycles. The second-order valence-corrected chi connectivity index (χ2v) is 4.78. The minimum absolute atomic E-state index is 0.0271. The topological polar surface area (TPSA) is 112 Å². The summed E-state index contributed by atoms with van der Waals surface area (Å²) in [7, 11) is 1.64. The van der Waals surface area contributed by atoms with Crippen LogP contribution in [0.2, 0.25) is 0 Å². The molecule has 0 amide bonds. The molecular formula is C14H12N6O2. The second kappa shape index (κ2) is 4.89. The van der Waals surface area contributed by atoms with E-state index in [1.807, 2.05) is 12.1 Å². The first kappa shape index (κ1) is 13.6. The highest BCUT2D eigenvalue weighted by atomic mass is 16.2. The number of hydrogen-bond acceptors (Lipinski definition) is 5. The molecule has 2 aromatic heterocycles. The third-order valence-corrected chi connectivity index (χ3v) is 3.51. The first-order valence-corrected chi connectivity index (χ1v) is 6.45. The minimum atomic E-state index is -0.488. The van der Waals surface area contributed by atoms with Crippen LogP contribution >= 0.6 is 0 Å². The Bertz CT molecular complexity index is 985. The maximum atomic E-state index is 12.3. The summed E-state index contributed by atoms with van der Waals surface area (Å²) in [5.41, 5.74) is 6.88. The Morgan fingerprint density at radius 1 is 1.36 bits per heavy atom. The van der Waals surface area contributed by atoms with Crippen LogP contribution in [0.4, 0.5) is 5.82 Å². The number of aryl methyl sites for hydroxylation is 1. The number of carbonyl (C=O) groups excluding carboxylic acids is 1. The fraction of sp³-hybridized carbons (Fsp3) is 0.143. The molecule has 3 aromatic rings. The largest absolute Gasteiger partial charge is 0.382 e. The van der Waals surface area contributed by atoms with E-state index in [4.69, 9.17) is 11.0 Å². The van der Waals surface area contributed by atoms with Gasteiger partial charge in [-0.05, 0) is 12.1 Å². The molecule has 0 aliphatic heterocycles. The molecule has 0 unspecified atom stereocenters. The predicted molar refractivity (Wildman–Crippen MR) is 79.2 cm³/mol. The number of carbonyl (C=O) groups is 1. The summed E-state index contributed by atoms with van der Waals surface area (Å²) >= 11 is 0. The van der Waals surface area contributed by atoms with Gasteiger partial charge in [0, 0.05) is 7.05 Å². The summed E-state index contributed by atoms with van der Waals surface area (Å²) in [4.78, 5) is 24.6. The number of nitrogens with zero attached hydrogens (tertiary/aromatic N) is 5. The standard InChI is InChI=1S/C14H12N6O2/c1-18-10-4-2-3-5-11(10)19(14(18)22)8-12(21)20-13(16)9(6-15)7-17-20/h2-5,7H,8,16H2,1H3. The summed E-state index contributed by atoms with van der Waals surface area (Å²) in [6.07, 6.45) is 1.22. The molecule has 3 rings (SSSR count). The number of fused-ring (bicyclic) bond motifs is 1. The van der Waals surface area contributed by atoms with E-state index in [9.17, 15) is 9.59 Å². The van der Waals surface area contributed by atoms with E-state index in [0.717, 1.165) is 10.2 Å². The van der Waals surface area contributed by atoms with Crippen molar-refractivity contribution in [1.82, 2.24) is 18.9 Å². The zero-order chi connectivity index (χ0) is 15.9. The van der Waals surface area contributed by atoms with Crippen molar-refractivity contribution < 1.29 is 4.79 Å². The lowest BCUT2D eigenvalue weighted by Gasteiger charge is -2.04. The average Bonchev–Trinajstić information content (AvgIpc) is 3.01. The first-order valence-electron chi connectivity index (χ1n) is 6.45. The predicted octanol–water partition coefficient (Wildman–Crippen LogP) is 0.331. The van der Waals surface area contributed by atoms with Gasteiger partial charge in [-0.1, -0.05) is 12.1 Å². The molecule has 0 aliphatic rings. The Hall–Kier alpha value is -3.34. The molecule has 0 radical (unpaired) electrons. The van der Waals surface area contributed by atoms with E-state index in [2.05, 4.69) is 5.10 Å². The first-order chi connectivity index (χ1) is 10.5. The van der Waals surface area contributed by atoms with Crippen LogP contribution in [-0.4, -0.2) is 24.8 Å². The maximum Gasteiger partial charge on any atom is 0.329 e. The van der Waals surface area contributed by atoms with Crippen molar-refractivity contribution in [1.29, 1.82) is 5.26 Å². The average molecular weight is 296 g/mol. The summed E-state index contributed by atoms with van der Waals surface area (Å²) in [6, 6.07) is 9.02. The molecule has 22 heavy (non-hydrogen) atoms. The third-order valence-electron chi connectivity index (χ3n) is 3.51. The van der Waals surface area contributed by atoms with Crippen LogP contribution < -0.4 is 11.4 Å². The summed E-state index contributed by atoms with van der Waals surface area (Å²) < 4.78 is 3.76. The molecule has 0 atom stereocenters. The highest BCUT2D eigenvalue weighted by Crippen LogP contribution is 2.13. The SMILES string of the molecule is Cn1c(=O)n(CC(=O)n2ncc(C#N)c2N)c2ccccc21. The normalized spacial score (nSPS) is 10.7. The lowest BCUT2D eigenvalue weighted by molar-refractivity contribution is 0.0878. The number of aromatic nitrogens is 4. The van der Waals surface area contributed by atoms with Gasteiger partial charge in [0.2, 0.25) is 0 Å². The number of nitrogens with two attached hydrogens (primary N) is 1. The number of para-hydroxylation sites is 2. The zero-order valence-electron chi connectivity index (χ0n) is 11.7. The molecule has 0 spiro atoms. The quantitative estimate of drug-likeness (QED) is 0.732. The van der Waals surface area contributed by atoms with Crippen LogP contribution in [0.5, 0.6) is 0 Å². The van der Waals surface area contributed by atoms with Crippen LogP contribution in [0, 0.1) is 11.3 Å². The fourth-order valence-corrected chi connectivity index (χ4v) is 2.36. The summed E-state index contributed by atoms with van der Waals surface area (Å²) in [5, 5.41) is 12.6. The van der Waals surface area contributed by atoms with Crippen molar-refractivity contribution >= 4 is 22.8 Å². The van der Waals surface area contributed by atoms with E-state index in [1.165, 1.54) is 15.3 Å². The smallest absolute Gasteiger partial charge is 0.329 e. The number of nitrogen functional groups attached to an aromatic ring is 1. The molecule has 0 saturated heterocycles. The van der Waals surface area contributed by atoms with Crippen molar-refractivity contribution in [3.63, 3.8) is 0 Å². The summed E-state index contributed by atoms with van der Waals surface area (Å²) in [6.45, 7) is -0.211. The Morgan fingerprint density at radius 3 is 2.68 bits per heavy atom. The Morgan fingerprint density at radius 2 is 2.05 bits per heavy atom. The van der Waals surface area contributed by atoms with E-state index in [0.29, 0.717) is 5.52 Å². The van der Waals surface area contributed by atoms with Crippen molar-refractivity contribution in [3.05, 3.63) is 46.5 Å². The van der Waals surface area contributed by atoms with Gasteiger partial charge in [-0.25, -0.2) is 4.79 Å². The van der Waals surface area contributed by atoms with Gasteiger partial charge in [0.25, 0.3) is 5.91 Å². The molecule has 1 aromatic carbocycles. The van der Waals surface area contributed by atoms with Gasteiger partial charge in [-0.3, -0.25) is 13.9 Å². The number of hydrogen-bond donors (Lipinski definition) is 1. The highest BCUT2D eigenvalue weighted by molar-refractivity contribution is 5.84. The minimum Gasteiger partial charge on any atom is -0.382 e. The van der Waals surface area contributed by atoms with Crippen molar-refractivity contribution in [2.45, 2.75) is 6.54 Å². The zero-order valence-corrected chi connectivity index (χ0v) is 11.7. The Kier molecular flexibility index (Phi) is 3.03. The summed E-state index contributed by atoms with van der Waals surface area (Å²) in [5.74, 6) is -0.516. The van der Waals surface area contributed by atoms with Crippen LogP contribution in [0.1, 0.15) is 10.4 Å². The Balaban J connectivity index is 2.05. The van der Waals surface area contributed by atoms with Gasteiger partial charge in [-0.2, -0.15) is 15.0 Å². The highest BCUT2D eigenvalue weighted by Gasteiger charge is 2.17. The molecule has 0 bridgehead atoms. The molecule has 0 saturated carbocycles. The number of anilines is 1. The second-order valence-electron chi connectivity index (χ2n) is 4.78. The van der Waals surface area contributed by atoms with Crippen LogP contribution in [0.3, 0.4) is 0 Å². The van der Waals surface area contributed by atoms with E-state index < -0.39 is 5.91 Å². The van der Waals surface area contributed by atoms with E-state index in [1.54, 1.807) is 25.2 Å². The van der Waals surface area contributed by atoms with Gasteiger partial charge in [0.1, 0.15) is 24.0 Å². The monoisotopic (exact) mass is 296 g/mol. The molecule has 0 fully saturated rings. The number of nitriles is 1. The van der Waals surface area contributed by atoms with Crippen molar-refractivity contribution in [2.75, 3.05) is 5.73 Å². The van der Waals surface area contributed by atoms with Crippen molar-refractivity contribution in [3.8, 4) is 6.07 Å². The van der Waals surface area contributed by atoms with Crippen molar-refractivity contribution in [2.24, 2.45) is 7.05 Å². The van der Waals surface area contributed by atoms with Gasteiger partial charge < -0.3 is 5.73 Å². The fourth-order valence-electron chi connectivity index (χ4n) is 2.36. The van der Waals surface area contributed by atoms with E-state index in [-0.39, 0.29) is 23.6 Å². The molecular weight excluding hydrogens is 284 g/mol. The molecule has 2 N–H and O–H groups in total. The molecule has 110 valence electrons. The third kappa shape index (κ3) is 1.88. The van der Waals surface area contributed by atoms with Crippen LogP contribution in [0.25, 0.3) is 11.0 Å². The van der Waals surface area contributed by atoms with Gasteiger partial charge in [-0.15, -0.1) is 0 Å². The number of imidazole rings is 1. The van der Waals surface area contributed by atoms with Crippen LogP contribution in [0.15, 0.2) is 35.3 Å². The van der Waals surface area contributed by atoms with E-state index >= 15 is 0 Å². The lowest BCUT2D eigenvalue weighted by atomic mass is 10.3. The number of rotatable bonds is 2. The van der Waals surface area contributed by atoms with Crippen LogP contribution in [-0.2, 0) is 13.6 Å².